The van der Waals surface area contributed by atoms with E-state index in [1.165, 1.54) is 0 Å². The maximum absolute atomic E-state index is 12.6. The first-order chi connectivity index (χ1) is 16.6. The molecule has 7 heteroatoms. The first-order valence-electron chi connectivity index (χ1n) is 11.0. The molecular formula is C27H23N5O2. The Hall–Kier alpha value is -4.39. The van der Waals surface area contributed by atoms with E-state index in [9.17, 15) is 4.79 Å². The molecule has 7 nitrogen and oxygen atoms in total. The van der Waals surface area contributed by atoms with Crippen LogP contribution < -0.4 is 10.1 Å². The molecule has 34 heavy (non-hydrogen) atoms. The van der Waals surface area contributed by atoms with E-state index < -0.39 is 0 Å². The predicted octanol–water partition coefficient (Wildman–Crippen LogP) is 4.42. The highest BCUT2D eigenvalue weighted by atomic mass is 16.5. The number of ether oxygens (including phenoxy) is 1. The molecule has 1 aliphatic carbocycles. The molecular weight excluding hydrogens is 426 g/mol. The van der Waals surface area contributed by atoms with Crippen molar-refractivity contribution in [1.82, 2.24) is 25.3 Å². The molecule has 1 amide bonds. The van der Waals surface area contributed by atoms with E-state index in [2.05, 4.69) is 37.4 Å². The Balaban J connectivity index is 1.35. The smallest absolute Gasteiger partial charge is 0.289 e. The minimum Gasteiger partial charge on any atom is -0.481 e. The summed E-state index contributed by atoms with van der Waals surface area (Å²) in [5.74, 6) is 0.387. The van der Waals surface area contributed by atoms with Gasteiger partial charge in [0, 0.05) is 54.0 Å². The molecule has 0 radical (unpaired) electrons. The molecule has 3 aromatic heterocycles. The van der Waals surface area contributed by atoms with Gasteiger partial charge in [0.1, 0.15) is 0 Å². The summed E-state index contributed by atoms with van der Waals surface area (Å²) < 4.78 is 5.25. The average Bonchev–Trinajstić information content (AvgIpc) is 3.32. The van der Waals surface area contributed by atoms with Gasteiger partial charge in [0.15, 0.2) is 0 Å². The van der Waals surface area contributed by atoms with Crippen molar-refractivity contribution in [2.24, 2.45) is 0 Å². The van der Waals surface area contributed by atoms with Crippen LogP contribution in [0.15, 0.2) is 79.4 Å². The second-order valence-electron chi connectivity index (χ2n) is 8.03. The number of nitrogens with zero attached hydrogens (tertiary/aromatic N) is 4. The van der Waals surface area contributed by atoms with Crippen LogP contribution in [-0.2, 0) is 6.42 Å². The number of fused-ring (bicyclic) bond motifs is 1. The average molecular weight is 450 g/mol. The largest absolute Gasteiger partial charge is 0.481 e. The summed E-state index contributed by atoms with van der Waals surface area (Å²) in [6.07, 6.45) is 9.82. The highest BCUT2D eigenvalue weighted by Crippen LogP contribution is 2.34. The van der Waals surface area contributed by atoms with Crippen molar-refractivity contribution in [2.45, 2.75) is 19.4 Å². The highest BCUT2D eigenvalue weighted by Gasteiger charge is 2.20. The lowest BCUT2D eigenvalue weighted by Gasteiger charge is -2.13. The summed E-state index contributed by atoms with van der Waals surface area (Å²) in [7, 11) is 1.60. The Morgan fingerprint density at radius 2 is 1.71 bits per heavy atom. The van der Waals surface area contributed by atoms with Crippen LogP contribution in [0.1, 0.15) is 46.0 Å². The first-order valence-corrected chi connectivity index (χ1v) is 11.0. The van der Waals surface area contributed by atoms with Crippen LogP contribution in [0.2, 0.25) is 0 Å². The van der Waals surface area contributed by atoms with Crippen molar-refractivity contribution < 1.29 is 9.53 Å². The molecule has 0 saturated heterocycles. The number of rotatable bonds is 6. The van der Waals surface area contributed by atoms with E-state index in [0.717, 1.165) is 45.5 Å². The van der Waals surface area contributed by atoms with Crippen LogP contribution in [-0.4, -0.2) is 33.0 Å². The molecule has 0 fully saturated rings. The van der Waals surface area contributed by atoms with Crippen molar-refractivity contribution in [3.05, 3.63) is 108 Å². The monoisotopic (exact) mass is 449 g/mol. The number of carbonyl (C=O) groups is 1. The van der Waals surface area contributed by atoms with Crippen molar-refractivity contribution in [3.63, 3.8) is 0 Å². The van der Waals surface area contributed by atoms with Crippen molar-refractivity contribution in [1.29, 1.82) is 0 Å². The van der Waals surface area contributed by atoms with Gasteiger partial charge in [-0.3, -0.25) is 9.78 Å². The quantitative estimate of drug-likeness (QED) is 0.469. The van der Waals surface area contributed by atoms with Gasteiger partial charge in [-0.15, -0.1) is 0 Å². The van der Waals surface area contributed by atoms with E-state index in [0.29, 0.717) is 5.88 Å². The highest BCUT2D eigenvalue weighted by molar-refractivity contribution is 5.91. The second kappa shape index (κ2) is 9.23. The van der Waals surface area contributed by atoms with Gasteiger partial charge >= 0.3 is 0 Å². The number of methoxy groups -OCH3 is 1. The summed E-state index contributed by atoms with van der Waals surface area (Å²) in [5.41, 5.74) is 6.86. The fourth-order valence-electron chi connectivity index (χ4n) is 4.00. The third-order valence-corrected chi connectivity index (χ3v) is 5.85. The number of aromatic nitrogens is 4. The fraction of sp³-hybridized carbons (Fsp3) is 0.148. The summed E-state index contributed by atoms with van der Waals surface area (Å²) in [6, 6.07) is 15.6. The van der Waals surface area contributed by atoms with Crippen LogP contribution in [0.4, 0.5) is 0 Å². The van der Waals surface area contributed by atoms with Gasteiger partial charge in [-0.1, -0.05) is 36.4 Å². The molecule has 168 valence electrons. The van der Waals surface area contributed by atoms with Gasteiger partial charge in [-0.25, -0.2) is 15.0 Å². The third kappa shape index (κ3) is 4.28. The minimum atomic E-state index is -0.306. The van der Waals surface area contributed by atoms with Gasteiger partial charge in [0.25, 0.3) is 5.91 Å². The summed E-state index contributed by atoms with van der Waals surface area (Å²) in [4.78, 5) is 30.1. The Bertz CT molecular complexity index is 1370. The maximum Gasteiger partial charge on any atom is 0.289 e. The molecule has 5 rings (SSSR count). The second-order valence-corrected chi connectivity index (χ2v) is 8.03. The first kappa shape index (κ1) is 21.5. The molecule has 4 aromatic rings. The molecule has 1 N–H and O–H groups in total. The van der Waals surface area contributed by atoms with E-state index >= 15 is 0 Å². The van der Waals surface area contributed by atoms with Crippen molar-refractivity contribution in [2.75, 3.05) is 7.11 Å². The maximum atomic E-state index is 12.6. The Morgan fingerprint density at radius 3 is 2.47 bits per heavy atom. The van der Waals surface area contributed by atoms with Gasteiger partial charge in [0.2, 0.25) is 11.7 Å². The van der Waals surface area contributed by atoms with Crippen LogP contribution in [0.3, 0.4) is 0 Å². The minimum absolute atomic E-state index is 0.140. The zero-order valence-electron chi connectivity index (χ0n) is 18.9. The third-order valence-electron chi connectivity index (χ3n) is 5.85. The standard InChI is InChI=1S/C27H23N5O2/c1-17(18-6-4-3-5-7-18)32-27(33)26-30-15-21(16-31-26)22-8-9-24-23(22)12-20(14-29-24)19-10-11-28-25(13-19)34-2/h3-8,10-17H,9H2,1-2H3,(H,32,33)/t17-/m0/s1. The van der Waals surface area contributed by atoms with Gasteiger partial charge in [-0.05, 0) is 35.8 Å². The number of carbonyl (C=O) groups excluding carboxylic acids is 1. The predicted molar refractivity (Wildman–Crippen MR) is 129 cm³/mol. The van der Waals surface area contributed by atoms with Crippen LogP contribution in [0.25, 0.3) is 16.7 Å². The van der Waals surface area contributed by atoms with Crippen molar-refractivity contribution >= 4 is 11.5 Å². The number of allylic oxidation sites excluding steroid dienone is 1. The number of benzene rings is 1. The van der Waals surface area contributed by atoms with E-state index in [1.807, 2.05) is 55.6 Å². The number of hydrogen-bond donors (Lipinski definition) is 1. The van der Waals surface area contributed by atoms with Gasteiger partial charge in [0.05, 0.1) is 18.8 Å². The number of pyridine rings is 2. The molecule has 0 bridgehead atoms. The van der Waals surface area contributed by atoms with E-state index in [1.54, 1.807) is 25.7 Å². The molecule has 0 saturated carbocycles. The lowest BCUT2D eigenvalue weighted by atomic mass is 10.00. The van der Waals surface area contributed by atoms with Crippen LogP contribution in [0, 0.1) is 0 Å². The molecule has 0 aliphatic heterocycles. The Kier molecular flexibility index (Phi) is 5.82. The van der Waals surface area contributed by atoms with E-state index in [-0.39, 0.29) is 17.8 Å². The van der Waals surface area contributed by atoms with Crippen molar-refractivity contribution in [3.8, 4) is 17.0 Å². The summed E-state index contributed by atoms with van der Waals surface area (Å²) in [5, 5.41) is 2.95. The SMILES string of the molecule is COc1cc(-c2cnc3c(c2)C(c2cnc(C(=O)N[C@@H](C)c4ccccc4)nc2)=CC3)ccn1. The molecule has 0 spiro atoms. The summed E-state index contributed by atoms with van der Waals surface area (Å²) >= 11 is 0. The summed E-state index contributed by atoms with van der Waals surface area (Å²) in [6.45, 7) is 1.94. The van der Waals surface area contributed by atoms with Crippen LogP contribution >= 0.6 is 0 Å². The Labute approximate surface area is 197 Å². The molecule has 1 aliphatic rings. The molecule has 3 heterocycles. The number of amides is 1. The number of hydrogen-bond acceptors (Lipinski definition) is 6. The Morgan fingerprint density at radius 1 is 0.941 bits per heavy atom. The zero-order chi connectivity index (χ0) is 23.5. The number of nitrogens with one attached hydrogen (secondary N) is 1. The zero-order valence-corrected chi connectivity index (χ0v) is 18.9. The van der Waals surface area contributed by atoms with Gasteiger partial charge in [-0.2, -0.15) is 0 Å². The molecule has 1 atom stereocenters. The lowest BCUT2D eigenvalue weighted by Crippen LogP contribution is -2.28. The van der Waals surface area contributed by atoms with Crippen LogP contribution in [0.5, 0.6) is 5.88 Å². The fourth-order valence-corrected chi connectivity index (χ4v) is 4.00. The van der Waals surface area contributed by atoms with Gasteiger partial charge < -0.3 is 10.1 Å². The molecule has 0 unspecified atom stereocenters. The normalized spacial score (nSPS) is 13.1. The molecule has 1 aromatic carbocycles. The lowest BCUT2D eigenvalue weighted by molar-refractivity contribution is 0.0929. The topological polar surface area (TPSA) is 89.9 Å². The van der Waals surface area contributed by atoms with E-state index in [4.69, 9.17) is 4.74 Å².